The SMILES string of the molecule is CCCCn1c(N)c(N(Cc2ccco2)C(=O)CSC(C)(C)C)c(=O)[nH]c1=O. The summed E-state index contributed by atoms with van der Waals surface area (Å²) in [5, 5.41) is 0. The number of nitrogens with one attached hydrogen (secondary N) is 1. The second-order valence-corrected chi connectivity index (χ2v) is 9.26. The molecule has 28 heavy (non-hydrogen) atoms. The first-order valence-corrected chi connectivity index (χ1v) is 10.2. The highest BCUT2D eigenvalue weighted by Crippen LogP contribution is 2.26. The molecule has 0 spiro atoms. The van der Waals surface area contributed by atoms with Crippen molar-refractivity contribution >= 4 is 29.2 Å². The van der Waals surface area contributed by atoms with Crippen LogP contribution in [0.2, 0.25) is 0 Å². The van der Waals surface area contributed by atoms with Crippen LogP contribution in [-0.2, 0) is 17.9 Å². The molecule has 2 rings (SSSR count). The molecule has 0 unspecified atom stereocenters. The number of furan rings is 1. The highest BCUT2D eigenvalue weighted by Gasteiger charge is 2.26. The number of carbonyl (C=O) groups excluding carboxylic acids is 1. The van der Waals surface area contributed by atoms with Gasteiger partial charge in [0, 0.05) is 11.3 Å². The number of carbonyl (C=O) groups is 1. The predicted molar refractivity (Wildman–Crippen MR) is 113 cm³/mol. The summed E-state index contributed by atoms with van der Waals surface area (Å²) in [6.45, 7) is 8.43. The van der Waals surface area contributed by atoms with Crippen LogP contribution in [0.1, 0.15) is 46.3 Å². The van der Waals surface area contributed by atoms with Crippen molar-refractivity contribution in [3.05, 3.63) is 45.0 Å². The molecule has 2 aromatic rings. The number of aromatic nitrogens is 2. The number of aromatic amines is 1. The summed E-state index contributed by atoms with van der Waals surface area (Å²) in [6, 6.07) is 3.42. The van der Waals surface area contributed by atoms with Crippen LogP contribution in [-0.4, -0.2) is 26.0 Å². The van der Waals surface area contributed by atoms with Crippen molar-refractivity contribution in [2.45, 2.75) is 58.4 Å². The van der Waals surface area contributed by atoms with Gasteiger partial charge in [0.1, 0.15) is 11.6 Å². The topological polar surface area (TPSA) is 114 Å². The summed E-state index contributed by atoms with van der Waals surface area (Å²) in [7, 11) is 0. The number of nitrogens with two attached hydrogens (primary N) is 1. The van der Waals surface area contributed by atoms with Crippen molar-refractivity contribution in [2.75, 3.05) is 16.4 Å². The molecule has 0 saturated carbocycles. The van der Waals surface area contributed by atoms with Crippen LogP contribution >= 0.6 is 11.8 Å². The normalized spacial score (nSPS) is 11.6. The zero-order valence-electron chi connectivity index (χ0n) is 16.8. The summed E-state index contributed by atoms with van der Waals surface area (Å²) >= 11 is 1.47. The molecule has 154 valence electrons. The molecule has 9 heteroatoms. The fourth-order valence-electron chi connectivity index (χ4n) is 2.58. The van der Waals surface area contributed by atoms with E-state index in [1.165, 1.54) is 27.5 Å². The van der Waals surface area contributed by atoms with E-state index >= 15 is 0 Å². The monoisotopic (exact) mass is 408 g/mol. The van der Waals surface area contributed by atoms with E-state index in [9.17, 15) is 14.4 Å². The quantitative estimate of drug-likeness (QED) is 0.694. The van der Waals surface area contributed by atoms with E-state index in [0.717, 1.165) is 12.8 Å². The van der Waals surface area contributed by atoms with Gasteiger partial charge in [0.05, 0.1) is 18.6 Å². The van der Waals surface area contributed by atoms with E-state index in [1.54, 1.807) is 12.1 Å². The minimum Gasteiger partial charge on any atom is -0.467 e. The fourth-order valence-corrected chi connectivity index (χ4v) is 3.30. The van der Waals surface area contributed by atoms with Crippen molar-refractivity contribution in [1.82, 2.24) is 9.55 Å². The standard InChI is InChI=1S/C19H28N4O4S/c1-5-6-9-22-16(20)15(17(25)21-18(22)26)23(11-13-8-7-10-27-13)14(24)12-28-19(2,3)4/h7-8,10H,5-6,9,11-12,20H2,1-4H3,(H,21,25,26). The average molecular weight is 409 g/mol. The first-order valence-electron chi connectivity index (χ1n) is 9.23. The van der Waals surface area contributed by atoms with Crippen molar-refractivity contribution in [3.63, 3.8) is 0 Å². The first-order chi connectivity index (χ1) is 13.1. The Morgan fingerprint density at radius 1 is 1.36 bits per heavy atom. The summed E-state index contributed by atoms with van der Waals surface area (Å²) in [4.78, 5) is 41.4. The van der Waals surface area contributed by atoms with Crippen LogP contribution < -0.4 is 21.9 Å². The number of H-pyrrole nitrogens is 1. The van der Waals surface area contributed by atoms with Crippen molar-refractivity contribution in [3.8, 4) is 0 Å². The zero-order chi connectivity index (χ0) is 20.9. The molecule has 0 atom stereocenters. The number of amides is 1. The highest BCUT2D eigenvalue weighted by molar-refractivity contribution is 8.01. The van der Waals surface area contributed by atoms with Gasteiger partial charge in [0.2, 0.25) is 5.91 Å². The lowest BCUT2D eigenvalue weighted by Crippen LogP contribution is -2.41. The second-order valence-electron chi connectivity index (χ2n) is 7.46. The average Bonchev–Trinajstić information content (AvgIpc) is 3.11. The molecule has 0 fully saturated rings. The number of nitrogen functional groups attached to an aromatic ring is 1. The van der Waals surface area contributed by atoms with Gasteiger partial charge in [-0.25, -0.2) is 4.79 Å². The van der Waals surface area contributed by atoms with Crippen molar-refractivity contribution < 1.29 is 9.21 Å². The minimum atomic E-state index is -0.684. The van der Waals surface area contributed by atoms with Gasteiger partial charge >= 0.3 is 5.69 Å². The minimum absolute atomic E-state index is 0.0112. The Kier molecular flexibility index (Phi) is 7.17. The first kappa shape index (κ1) is 21.9. The summed E-state index contributed by atoms with van der Waals surface area (Å²) < 4.78 is 6.54. The maximum atomic E-state index is 13.0. The number of hydrogen-bond acceptors (Lipinski definition) is 6. The molecule has 0 bridgehead atoms. The van der Waals surface area contributed by atoms with Gasteiger partial charge in [-0.2, -0.15) is 0 Å². The maximum absolute atomic E-state index is 13.0. The lowest BCUT2D eigenvalue weighted by Gasteiger charge is -2.25. The van der Waals surface area contributed by atoms with Gasteiger partial charge in [-0.3, -0.25) is 24.0 Å². The van der Waals surface area contributed by atoms with Crippen molar-refractivity contribution in [2.24, 2.45) is 0 Å². The molecule has 0 aliphatic rings. The van der Waals surface area contributed by atoms with Crippen LogP contribution in [0.25, 0.3) is 0 Å². The Hall–Kier alpha value is -2.42. The molecule has 0 aromatic carbocycles. The van der Waals surface area contributed by atoms with E-state index in [4.69, 9.17) is 10.2 Å². The fraction of sp³-hybridized carbons (Fsp3) is 0.526. The van der Waals surface area contributed by atoms with E-state index in [0.29, 0.717) is 12.3 Å². The molecule has 0 saturated heterocycles. The Morgan fingerprint density at radius 2 is 2.07 bits per heavy atom. The van der Waals surface area contributed by atoms with Gasteiger partial charge in [-0.15, -0.1) is 11.8 Å². The zero-order valence-corrected chi connectivity index (χ0v) is 17.6. The molecule has 0 aliphatic carbocycles. The summed E-state index contributed by atoms with van der Waals surface area (Å²) in [6.07, 6.45) is 3.08. The molecule has 0 aliphatic heterocycles. The molecule has 0 radical (unpaired) electrons. The predicted octanol–water partition coefficient (Wildman–Crippen LogP) is 2.58. The van der Waals surface area contributed by atoms with Crippen LogP contribution in [0.15, 0.2) is 32.4 Å². The van der Waals surface area contributed by atoms with Crippen LogP contribution in [0.5, 0.6) is 0 Å². The van der Waals surface area contributed by atoms with Crippen LogP contribution in [0, 0.1) is 0 Å². The number of unbranched alkanes of at least 4 members (excludes halogenated alkanes) is 1. The Balaban J connectivity index is 2.48. The second kappa shape index (κ2) is 9.18. The third-order valence-corrected chi connectivity index (χ3v) is 5.30. The van der Waals surface area contributed by atoms with Crippen molar-refractivity contribution in [1.29, 1.82) is 0 Å². The smallest absolute Gasteiger partial charge is 0.330 e. The van der Waals surface area contributed by atoms with Gasteiger partial charge in [0.15, 0.2) is 5.69 Å². The van der Waals surface area contributed by atoms with Gasteiger partial charge < -0.3 is 10.2 Å². The molecule has 3 N–H and O–H groups in total. The molecular formula is C19H28N4O4S. The molecule has 2 aromatic heterocycles. The number of hydrogen-bond donors (Lipinski definition) is 2. The molecule has 8 nitrogen and oxygen atoms in total. The van der Waals surface area contributed by atoms with Gasteiger partial charge in [-0.05, 0) is 18.6 Å². The van der Waals surface area contributed by atoms with Gasteiger partial charge in [0.25, 0.3) is 5.56 Å². The van der Waals surface area contributed by atoms with E-state index in [2.05, 4.69) is 4.98 Å². The number of thioether (sulfide) groups is 1. The molecule has 2 heterocycles. The third-order valence-electron chi connectivity index (χ3n) is 4.04. The molecule has 1 amide bonds. The number of anilines is 2. The molecular weight excluding hydrogens is 380 g/mol. The summed E-state index contributed by atoms with van der Waals surface area (Å²) in [5.41, 5.74) is 4.91. The van der Waals surface area contributed by atoms with Crippen LogP contribution in [0.3, 0.4) is 0 Å². The van der Waals surface area contributed by atoms with Crippen LogP contribution in [0.4, 0.5) is 11.5 Å². The maximum Gasteiger partial charge on any atom is 0.330 e. The highest BCUT2D eigenvalue weighted by atomic mass is 32.2. The Labute approximate surface area is 168 Å². The lowest BCUT2D eigenvalue weighted by atomic mass is 10.3. The summed E-state index contributed by atoms with van der Waals surface area (Å²) in [5.74, 6) is 0.383. The lowest BCUT2D eigenvalue weighted by molar-refractivity contribution is -0.116. The number of nitrogens with zero attached hydrogens (tertiary/aromatic N) is 2. The largest absolute Gasteiger partial charge is 0.467 e. The third kappa shape index (κ3) is 5.54. The Bertz CT molecular complexity index is 909. The van der Waals surface area contributed by atoms with E-state index in [-0.39, 0.29) is 34.5 Å². The number of rotatable bonds is 8. The van der Waals surface area contributed by atoms with E-state index < -0.39 is 11.2 Å². The van der Waals surface area contributed by atoms with Gasteiger partial charge in [-0.1, -0.05) is 34.1 Å². The van der Waals surface area contributed by atoms with E-state index in [1.807, 2.05) is 27.7 Å². The Morgan fingerprint density at radius 3 is 2.64 bits per heavy atom.